The molecule has 0 atom stereocenters. The number of fused-ring (bicyclic) bond motifs is 3. The number of hydrogen-bond donors (Lipinski definition) is 0. The van der Waals surface area contributed by atoms with E-state index < -0.39 is 0 Å². The van der Waals surface area contributed by atoms with Crippen LogP contribution in [0.5, 0.6) is 0 Å². The maximum Gasteiger partial charge on any atom is 0.234 e. The van der Waals surface area contributed by atoms with Crippen molar-refractivity contribution in [1.82, 2.24) is 14.9 Å². The summed E-state index contributed by atoms with van der Waals surface area (Å²) in [5.74, 6) is 0.758. The number of nitrogens with zero attached hydrogens (tertiary/aromatic N) is 3. The fourth-order valence-electron chi connectivity index (χ4n) is 2.39. The molecule has 1 aliphatic rings. The molecule has 3 aromatic rings. The van der Waals surface area contributed by atoms with Gasteiger partial charge in [0.15, 0.2) is 0 Å². The molecule has 1 aliphatic heterocycles. The number of rotatable bonds is 1. The minimum absolute atomic E-state index is 0.758. The third-order valence-electron chi connectivity index (χ3n) is 3.18. The minimum Gasteiger partial charge on any atom is -0.282 e. The van der Waals surface area contributed by atoms with Gasteiger partial charge in [0.05, 0.1) is 11.0 Å². The van der Waals surface area contributed by atoms with E-state index in [1.54, 1.807) is 6.20 Å². The maximum atomic E-state index is 4.51. The fraction of sp³-hybridized carbons (Fsp3) is 0. The van der Waals surface area contributed by atoms with Gasteiger partial charge in [-0.1, -0.05) is 42.5 Å². The summed E-state index contributed by atoms with van der Waals surface area (Å²) in [7, 11) is 0. The molecule has 2 aromatic carbocycles. The van der Waals surface area contributed by atoms with E-state index in [4.69, 9.17) is 0 Å². The monoisotopic (exact) mass is 232 g/mol. The van der Waals surface area contributed by atoms with Crippen molar-refractivity contribution < 1.29 is 0 Å². The smallest absolute Gasteiger partial charge is 0.234 e. The Labute approximate surface area is 104 Å². The van der Waals surface area contributed by atoms with Crippen LogP contribution in [0.25, 0.3) is 28.4 Å². The number of hydrogen-bond acceptors (Lipinski definition) is 1. The van der Waals surface area contributed by atoms with Crippen LogP contribution in [0.2, 0.25) is 0 Å². The van der Waals surface area contributed by atoms with Gasteiger partial charge >= 0.3 is 0 Å². The number of imidazole rings is 1. The Morgan fingerprint density at radius 3 is 2.67 bits per heavy atom. The molecule has 85 valence electrons. The molecular weight excluding hydrogens is 222 g/mol. The Hall–Kier alpha value is -2.55. The molecule has 3 heteroatoms. The van der Waals surface area contributed by atoms with Gasteiger partial charge in [-0.15, -0.1) is 0 Å². The van der Waals surface area contributed by atoms with Gasteiger partial charge in [0.25, 0.3) is 0 Å². The first kappa shape index (κ1) is 9.48. The lowest BCUT2D eigenvalue weighted by Gasteiger charge is -2.04. The predicted octanol–water partition coefficient (Wildman–Crippen LogP) is 3.38. The van der Waals surface area contributed by atoms with Crippen molar-refractivity contribution in [3.63, 3.8) is 0 Å². The molecule has 0 saturated carbocycles. The van der Waals surface area contributed by atoms with Gasteiger partial charge in [-0.3, -0.25) is 4.57 Å². The van der Waals surface area contributed by atoms with Gasteiger partial charge in [-0.2, -0.15) is 0 Å². The minimum atomic E-state index is 0.758. The third-order valence-corrected chi connectivity index (χ3v) is 3.18. The topological polar surface area (TPSA) is 31.9 Å². The summed E-state index contributed by atoms with van der Waals surface area (Å²) >= 11 is 0. The maximum absolute atomic E-state index is 4.51. The average molecular weight is 232 g/mol. The summed E-state index contributed by atoms with van der Waals surface area (Å²) in [5, 5.41) is 4.24. The van der Waals surface area contributed by atoms with Gasteiger partial charge in [0, 0.05) is 18.0 Å². The molecule has 2 heterocycles. The van der Waals surface area contributed by atoms with Crippen molar-refractivity contribution in [2.45, 2.75) is 0 Å². The second-order valence-electron chi connectivity index (χ2n) is 4.25. The fourth-order valence-corrected chi connectivity index (χ4v) is 2.39. The van der Waals surface area contributed by atoms with Crippen molar-refractivity contribution in [2.75, 3.05) is 0 Å². The third kappa shape index (κ3) is 1.21. The van der Waals surface area contributed by atoms with E-state index in [0.29, 0.717) is 0 Å². The van der Waals surface area contributed by atoms with E-state index >= 15 is 0 Å². The van der Waals surface area contributed by atoms with Gasteiger partial charge < -0.3 is 0 Å². The zero-order chi connectivity index (χ0) is 11.9. The highest BCUT2D eigenvalue weighted by atomic mass is 15.2. The molecule has 1 aromatic heterocycles. The van der Waals surface area contributed by atoms with Crippen LogP contribution in [0.3, 0.4) is 0 Å². The zero-order valence-corrected chi connectivity index (χ0v) is 9.62. The quantitative estimate of drug-likeness (QED) is 0.633. The molecule has 4 rings (SSSR count). The highest BCUT2D eigenvalue weighted by Crippen LogP contribution is 2.32. The summed E-state index contributed by atoms with van der Waals surface area (Å²) in [5.41, 5.74) is 4.50. The summed E-state index contributed by atoms with van der Waals surface area (Å²) in [4.78, 5) is 4.51. The van der Waals surface area contributed by atoms with E-state index in [1.165, 1.54) is 11.1 Å². The SMILES string of the molecule is C1=Cn2c(nc3cccc(-c4ccccc4)c32)[N]1. The number of benzene rings is 2. The van der Waals surface area contributed by atoms with Crippen LogP contribution >= 0.6 is 0 Å². The Balaban J connectivity index is 2.10. The summed E-state index contributed by atoms with van der Waals surface area (Å²) in [6, 6.07) is 16.5. The van der Waals surface area contributed by atoms with E-state index in [1.807, 2.05) is 29.0 Å². The van der Waals surface area contributed by atoms with Crippen LogP contribution in [0.15, 0.2) is 54.7 Å². The molecule has 0 spiro atoms. The molecule has 0 bridgehead atoms. The Morgan fingerprint density at radius 2 is 1.78 bits per heavy atom. The molecule has 0 N–H and O–H groups in total. The van der Waals surface area contributed by atoms with E-state index in [-0.39, 0.29) is 0 Å². The summed E-state index contributed by atoms with van der Waals surface area (Å²) < 4.78 is 2.04. The van der Waals surface area contributed by atoms with Gasteiger partial charge in [-0.05, 0) is 11.6 Å². The molecule has 0 fully saturated rings. The van der Waals surface area contributed by atoms with Crippen LogP contribution in [0, 0.1) is 0 Å². The molecule has 1 radical (unpaired) electrons. The number of para-hydroxylation sites is 1. The summed E-state index contributed by atoms with van der Waals surface area (Å²) in [6.07, 6.45) is 3.74. The van der Waals surface area contributed by atoms with Crippen LogP contribution in [0.4, 0.5) is 5.95 Å². The Bertz CT molecular complexity index is 754. The van der Waals surface area contributed by atoms with Crippen molar-refractivity contribution in [2.24, 2.45) is 0 Å². The second-order valence-corrected chi connectivity index (χ2v) is 4.25. The van der Waals surface area contributed by atoms with Crippen LogP contribution < -0.4 is 5.32 Å². The van der Waals surface area contributed by atoms with Gasteiger partial charge in [-0.25, -0.2) is 10.3 Å². The van der Waals surface area contributed by atoms with Crippen LogP contribution in [-0.4, -0.2) is 9.55 Å². The molecule has 3 nitrogen and oxygen atoms in total. The van der Waals surface area contributed by atoms with Gasteiger partial charge in [0.2, 0.25) is 5.95 Å². The lowest BCUT2D eigenvalue weighted by atomic mass is 10.0. The largest absolute Gasteiger partial charge is 0.282 e. The molecule has 0 saturated heterocycles. The zero-order valence-electron chi connectivity index (χ0n) is 9.62. The molecule has 0 amide bonds. The van der Waals surface area contributed by atoms with Crippen LogP contribution in [0.1, 0.15) is 0 Å². The predicted molar refractivity (Wildman–Crippen MR) is 72.3 cm³/mol. The first-order chi connectivity index (χ1) is 8.93. The van der Waals surface area contributed by atoms with E-state index in [0.717, 1.165) is 17.0 Å². The molecular formula is C15H10N3. The van der Waals surface area contributed by atoms with E-state index in [2.05, 4.69) is 40.6 Å². The van der Waals surface area contributed by atoms with Crippen molar-refractivity contribution in [1.29, 1.82) is 0 Å². The standard InChI is InChI=1S/C15H10N3/c1-2-5-11(6-3-1)12-7-4-8-13-14(12)18-10-9-16-15(18)17-13/h1-10H. The molecule has 0 aliphatic carbocycles. The lowest BCUT2D eigenvalue weighted by Crippen LogP contribution is -1.87. The first-order valence-corrected chi connectivity index (χ1v) is 5.87. The Morgan fingerprint density at radius 1 is 0.889 bits per heavy atom. The first-order valence-electron chi connectivity index (χ1n) is 5.87. The molecule has 0 unspecified atom stereocenters. The molecule has 18 heavy (non-hydrogen) atoms. The lowest BCUT2D eigenvalue weighted by molar-refractivity contribution is 1.07. The van der Waals surface area contributed by atoms with Crippen LogP contribution in [-0.2, 0) is 0 Å². The average Bonchev–Trinajstić information content (AvgIpc) is 2.99. The highest BCUT2D eigenvalue weighted by Gasteiger charge is 2.16. The number of aromatic nitrogens is 2. The Kier molecular flexibility index (Phi) is 1.83. The van der Waals surface area contributed by atoms with Gasteiger partial charge in [0.1, 0.15) is 0 Å². The van der Waals surface area contributed by atoms with Crippen molar-refractivity contribution in [3.05, 3.63) is 54.7 Å². The van der Waals surface area contributed by atoms with E-state index in [9.17, 15) is 0 Å². The summed E-state index contributed by atoms with van der Waals surface area (Å²) in [6.45, 7) is 0. The normalized spacial score (nSPS) is 12.7. The highest BCUT2D eigenvalue weighted by molar-refractivity contribution is 5.95. The second kappa shape index (κ2) is 3.47. The van der Waals surface area contributed by atoms with Crippen molar-refractivity contribution >= 4 is 23.2 Å². The van der Waals surface area contributed by atoms with Crippen molar-refractivity contribution in [3.8, 4) is 11.1 Å².